The third-order valence-electron chi connectivity index (χ3n) is 2.37. The summed E-state index contributed by atoms with van der Waals surface area (Å²) in [6.45, 7) is 1.71. The van der Waals surface area contributed by atoms with Crippen LogP contribution in [0.1, 0.15) is 23.7 Å². The van der Waals surface area contributed by atoms with Gasteiger partial charge < -0.3 is 4.74 Å². The minimum Gasteiger partial charge on any atom is -0.496 e. The van der Waals surface area contributed by atoms with E-state index < -0.39 is 10.0 Å². The average molecular weight is 257 g/mol. The van der Waals surface area contributed by atoms with E-state index in [9.17, 15) is 13.2 Å². The maximum absolute atomic E-state index is 11.7. The first kappa shape index (κ1) is 13.7. The Bertz CT molecular complexity index is 522. The Morgan fingerprint density at radius 1 is 1.41 bits per heavy atom. The Morgan fingerprint density at radius 3 is 2.53 bits per heavy atom. The number of rotatable bonds is 5. The van der Waals surface area contributed by atoms with Crippen molar-refractivity contribution in [3.05, 3.63) is 23.8 Å². The summed E-state index contributed by atoms with van der Waals surface area (Å²) in [5.74, 6) is 0.224. The maximum Gasteiger partial charge on any atom is 0.240 e. The van der Waals surface area contributed by atoms with Gasteiger partial charge in [-0.2, -0.15) is 0 Å². The van der Waals surface area contributed by atoms with Crippen LogP contribution in [0.5, 0.6) is 5.75 Å². The van der Waals surface area contributed by atoms with Gasteiger partial charge in [-0.25, -0.2) is 13.1 Å². The monoisotopic (exact) mass is 257 g/mol. The molecule has 0 radical (unpaired) electrons. The van der Waals surface area contributed by atoms with Gasteiger partial charge in [0.25, 0.3) is 0 Å². The Balaban J connectivity index is 3.37. The van der Waals surface area contributed by atoms with Crippen LogP contribution in [0.2, 0.25) is 0 Å². The predicted octanol–water partition coefficient (Wildman–Crippen LogP) is 1.20. The minimum atomic E-state index is -3.55. The second-order valence-electron chi connectivity index (χ2n) is 3.35. The summed E-state index contributed by atoms with van der Waals surface area (Å²) in [6.07, 6.45) is 0.291. The van der Waals surface area contributed by atoms with Crippen molar-refractivity contribution in [1.29, 1.82) is 0 Å². The van der Waals surface area contributed by atoms with Gasteiger partial charge in [-0.3, -0.25) is 4.79 Å². The van der Waals surface area contributed by atoms with Crippen molar-refractivity contribution in [2.75, 3.05) is 14.2 Å². The molecule has 0 aliphatic rings. The highest BCUT2D eigenvalue weighted by molar-refractivity contribution is 7.89. The lowest BCUT2D eigenvalue weighted by atomic mass is 10.1. The molecule has 1 rings (SSSR count). The Kier molecular flexibility index (Phi) is 4.25. The van der Waals surface area contributed by atoms with Crippen molar-refractivity contribution >= 4 is 15.8 Å². The van der Waals surface area contributed by atoms with E-state index in [1.165, 1.54) is 32.4 Å². The van der Waals surface area contributed by atoms with Gasteiger partial charge in [0.05, 0.1) is 17.6 Å². The van der Waals surface area contributed by atoms with E-state index in [4.69, 9.17) is 4.74 Å². The first-order chi connectivity index (χ1) is 7.96. The highest BCUT2D eigenvalue weighted by atomic mass is 32.2. The van der Waals surface area contributed by atoms with Crippen LogP contribution in [0.15, 0.2) is 23.1 Å². The lowest BCUT2D eigenvalue weighted by Gasteiger charge is -2.09. The molecule has 5 nitrogen and oxygen atoms in total. The van der Waals surface area contributed by atoms with Gasteiger partial charge in [0.1, 0.15) is 5.75 Å². The molecule has 0 saturated carbocycles. The fraction of sp³-hybridized carbons (Fsp3) is 0.364. The standard InChI is InChI=1S/C11H15NO4S/c1-4-10(13)9-7-8(17(14,15)12-2)5-6-11(9)16-3/h5-7,12H,4H2,1-3H3. The molecule has 6 heteroatoms. The highest BCUT2D eigenvalue weighted by Crippen LogP contribution is 2.23. The Morgan fingerprint density at radius 2 is 2.06 bits per heavy atom. The second-order valence-corrected chi connectivity index (χ2v) is 5.23. The molecule has 0 heterocycles. The normalized spacial score (nSPS) is 11.2. The number of ether oxygens (including phenoxy) is 1. The van der Waals surface area contributed by atoms with Crippen LogP contribution in [0, 0.1) is 0 Å². The number of sulfonamides is 1. The molecule has 0 fully saturated rings. The summed E-state index contributed by atoms with van der Waals surface area (Å²) in [5.41, 5.74) is 0.284. The van der Waals surface area contributed by atoms with E-state index >= 15 is 0 Å². The van der Waals surface area contributed by atoms with Crippen LogP contribution < -0.4 is 9.46 Å². The number of carbonyl (C=O) groups is 1. The maximum atomic E-state index is 11.7. The zero-order valence-electron chi connectivity index (χ0n) is 9.98. The summed E-state index contributed by atoms with van der Waals surface area (Å²) >= 11 is 0. The van der Waals surface area contributed by atoms with Gasteiger partial charge >= 0.3 is 0 Å². The minimum absolute atomic E-state index is 0.0533. The third kappa shape index (κ3) is 2.83. The second kappa shape index (κ2) is 5.29. The predicted molar refractivity (Wildman–Crippen MR) is 63.9 cm³/mol. The molecular formula is C11H15NO4S. The first-order valence-electron chi connectivity index (χ1n) is 5.11. The average Bonchev–Trinajstić information content (AvgIpc) is 2.36. The lowest BCUT2D eigenvalue weighted by molar-refractivity contribution is 0.0985. The van der Waals surface area contributed by atoms with Crippen molar-refractivity contribution in [3.8, 4) is 5.75 Å². The Labute approximate surface area is 101 Å². The van der Waals surface area contributed by atoms with Crippen LogP contribution in [-0.4, -0.2) is 28.4 Å². The van der Waals surface area contributed by atoms with Crippen molar-refractivity contribution in [2.24, 2.45) is 0 Å². The van der Waals surface area contributed by atoms with Crippen LogP contribution in [0.4, 0.5) is 0 Å². The van der Waals surface area contributed by atoms with Crippen LogP contribution in [-0.2, 0) is 10.0 Å². The molecule has 0 atom stereocenters. The molecule has 1 N–H and O–H groups in total. The number of Topliss-reactive ketones (excluding diaryl/α,β-unsaturated/α-hetero) is 1. The summed E-state index contributed by atoms with van der Waals surface area (Å²) in [5, 5.41) is 0. The number of hydrogen-bond acceptors (Lipinski definition) is 4. The van der Waals surface area contributed by atoms with Gasteiger partial charge in [-0.05, 0) is 25.2 Å². The molecule has 0 aromatic heterocycles. The number of carbonyl (C=O) groups excluding carboxylic acids is 1. The van der Waals surface area contributed by atoms with Gasteiger partial charge in [0.15, 0.2) is 5.78 Å². The van der Waals surface area contributed by atoms with E-state index in [0.29, 0.717) is 12.2 Å². The van der Waals surface area contributed by atoms with Crippen LogP contribution in [0.3, 0.4) is 0 Å². The number of hydrogen-bond donors (Lipinski definition) is 1. The number of methoxy groups -OCH3 is 1. The number of ketones is 1. The fourth-order valence-corrected chi connectivity index (χ4v) is 2.14. The van der Waals surface area contributed by atoms with E-state index in [2.05, 4.69) is 4.72 Å². The van der Waals surface area contributed by atoms with E-state index in [0.717, 1.165) is 0 Å². The van der Waals surface area contributed by atoms with Gasteiger partial charge in [0, 0.05) is 6.42 Å². The zero-order chi connectivity index (χ0) is 13.1. The zero-order valence-corrected chi connectivity index (χ0v) is 10.8. The quantitative estimate of drug-likeness (QED) is 0.804. The van der Waals surface area contributed by atoms with Crippen LogP contribution in [0.25, 0.3) is 0 Å². The molecule has 0 bridgehead atoms. The van der Waals surface area contributed by atoms with Gasteiger partial charge in [0.2, 0.25) is 10.0 Å². The molecule has 17 heavy (non-hydrogen) atoms. The van der Waals surface area contributed by atoms with Crippen LogP contribution >= 0.6 is 0 Å². The summed E-state index contributed by atoms with van der Waals surface area (Å²) < 4.78 is 30.4. The van der Waals surface area contributed by atoms with E-state index in [1.807, 2.05) is 0 Å². The molecule has 0 spiro atoms. The molecule has 0 aliphatic heterocycles. The van der Waals surface area contributed by atoms with Crippen molar-refractivity contribution < 1.29 is 17.9 Å². The van der Waals surface area contributed by atoms with Crippen molar-refractivity contribution in [1.82, 2.24) is 4.72 Å². The summed E-state index contributed by atoms with van der Waals surface area (Å²) in [6, 6.07) is 4.21. The molecule has 94 valence electrons. The highest BCUT2D eigenvalue weighted by Gasteiger charge is 2.17. The number of nitrogens with one attached hydrogen (secondary N) is 1. The molecular weight excluding hydrogens is 242 g/mol. The third-order valence-corrected chi connectivity index (χ3v) is 3.78. The Hall–Kier alpha value is -1.40. The summed E-state index contributed by atoms with van der Waals surface area (Å²) in [4.78, 5) is 11.7. The van der Waals surface area contributed by atoms with E-state index in [-0.39, 0.29) is 16.2 Å². The molecule has 1 aromatic rings. The topological polar surface area (TPSA) is 72.5 Å². The molecule has 0 amide bonds. The SMILES string of the molecule is CCC(=O)c1cc(S(=O)(=O)NC)ccc1OC. The van der Waals surface area contributed by atoms with E-state index in [1.54, 1.807) is 6.92 Å². The molecule has 0 aliphatic carbocycles. The first-order valence-corrected chi connectivity index (χ1v) is 6.59. The largest absolute Gasteiger partial charge is 0.496 e. The molecule has 0 unspecified atom stereocenters. The van der Waals surface area contributed by atoms with Crippen molar-refractivity contribution in [3.63, 3.8) is 0 Å². The number of benzene rings is 1. The molecule has 0 saturated heterocycles. The lowest BCUT2D eigenvalue weighted by Crippen LogP contribution is -2.19. The van der Waals surface area contributed by atoms with Gasteiger partial charge in [-0.1, -0.05) is 6.92 Å². The fourth-order valence-electron chi connectivity index (χ4n) is 1.38. The van der Waals surface area contributed by atoms with Gasteiger partial charge in [-0.15, -0.1) is 0 Å². The van der Waals surface area contributed by atoms with Crippen molar-refractivity contribution in [2.45, 2.75) is 18.2 Å². The molecule has 1 aromatic carbocycles. The summed E-state index contributed by atoms with van der Waals surface area (Å²) in [7, 11) is -0.786. The smallest absolute Gasteiger partial charge is 0.240 e.